The molecule has 1 fully saturated rings. The van der Waals surface area contributed by atoms with E-state index in [0.29, 0.717) is 12.1 Å². The predicted octanol–water partition coefficient (Wildman–Crippen LogP) is 2.42. The van der Waals surface area contributed by atoms with Crippen LogP contribution in [0.4, 0.5) is 5.69 Å². The Morgan fingerprint density at radius 2 is 2.17 bits per heavy atom. The van der Waals surface area contributed by atoms with Crippen LogP contribution in [0.3, 0.4) is 0 Å². The number of aromatic nitrogens is 1. The van der Waals surface area contributed by atoms with Gasteiger partial charge in [-0.25, -0.2) is 0 Å². The van der Waals surface area contributed by atoms with Crippen molar-refractivity contribution in [3.63, 3.8) is 0 Å². The zero-order valence-corrected chi connectivity index (χ0v) is 10.9. The molecule has 0 aliphatic carbocycles. The molecule has 0 saturated carbocycles. The van der Waals surface area contributed by atoms with Crippen LogP contribution in [0.2, 0.25) is 0 Å². The fourth-order valence-corrected chi connectivity index (χ4v) is 2.71. The van der Waals surface area contributed by atoms with E-state index in [1.54, 1.807) is 0 Å². The van der Waals surface area contributed by atoms with Gasteiger partial charge in [-0.1, -0.05) is 12.1 Å². The quantitative estimate of drug-likeness (QED) is 0.831. The SMILES string of the molecule is CC1CN(c2cccc3cnccc23)C(C)CN1. The second kappa shape index (κ2) is 4.58. The summed E-state index contributed by atoms with van der Waals surface area (Å²) in [5.41, 5.74) is 1.33. The Morgan fingerprint density at radius 3 is 3.06 bits per heavy atom. The van der Waals surface area contributed by atoms with Crippen LogP contribution in [0.25, 0.3) is 10.8 Å². The fourth-order valence-electron chi connectivity index (χ4n) is 2.71. The minimum Gasteiger partial charge on any atom is -0.365 e. The van der Waals surface area contributed by atoms with E-state index in [4.69, 9.17) is 0 Å². The molecule has 3 rings (SSSR count). The number of nitrogens with one attached hydrogen (secondary N) is 1. The predicted molar refractivity (Wildman–Crippen MR) is 76.0 cm³/mol. The van der Waals surface area contributed by atoms with Gasteiger partial charge in [0.15, 0.2) is 0 Å². The van der Waals surface area contributed by atoms with Gasteiger partial charge in [0.1, 0.15) is 0 Å². The zero-order chi connectivity index (χ0) is 12.5. The first-order valence-corrected chi connectivity index (χ1v) is 6.58. The van der Waals surface area contributed by atoms with Crippen molar-refractivity contribution in [3.05, 3.63) is 36.7 Å². The molecule has 1 aromatic heterocycles. The Balaban J connectivity index is 2.07. The van der Waals surface area contributed by atoms with E-state index in [1.165, 1.54) is 16.5 Å². The van der Waals surface area contributed by atoms with Crippen molar-refractivity contribution >= 4 is 16.5 Å². The lowest BCUT2D eigenvalue weighted by atomic mass is 10.1. The van der Waals surface area contributed by atoms with Gasteiger partial charge in [0.05, 0.1) is 0 Å². The molecule has 1 aromatic carbocycles. The molecular formula is C15H19N3. The molecule has 2 unspecified atom stereocenters. The van der Waals surface area contributed by atoms with Crippen LogP contribution in [0.5, 0.6) is 0 Å². The van der Waals surface area contributed by atoms with Crippen LogP contribution in [0.15, 0.2) is 36.7 Å². The van der Waals surface area contributed by atoms with Crippen LogP contribution >= 0.6 is 0 Å². The van der Waals surface area contributed by atoms with Gasteiger partial charge in [-0.3, -0.25) is 4.98 Å². The van der Waals surface area contributed by atoms with Gasteiger partial charge in [-0.2, -0.15) is 0 Å². The van der Waals surface area contributed by atoms with Crippen molar-refractivity contribution in [2.45, 2.75) is 25.9 Å². The summed E-state index contributed by atoms with van der Waals surface area (Å²) in [7, 11) is 0. The minimum absolute atomic E-state index is 0.528. The summed E-state index contributed by atoms with van der Waals surface area (Å²) in [5, 5.41) is 6.04. The number of fused-ring (bicyclic) bond motifs is 1. The van der Waals surface area contributed by atoms with Gasteiger partial charge in [0, 0.05) is 54.0 Å². The smallest absolute Gasteiger partial charge is 0.0450 e. The molecule has 0 bridgehead atoms. The molecule has 3 nitrogen and oxygen atoms in total. The minimum atomic E-state index is 0.528. The van der Waals surface area contributed by atoms with Crippen LogP contribution < -0.4 is 10.2 Å². The number of benzene rings is 1. The molecule has 0 spiro atoms. The number of hydrogen-bond donors (Lipinski definition) is 1. The Morgan fingerprint density at radius 1 is 1.28 bits per heavy atom. The number of rotatable bonds is 1. The summed E-state index contributed by atoms with van der Waals surface area (Å²) in [5.74, 6) is 0. The van der Waals surface area contributed by atoms with Crippen molar-refractivity contribution in [2.24, 2.45) is 0 Å². The number of pyridine rings is 1. The molecule has 3 heteroatoms. The van der Waals surface area contributed by atoms with Gasteiger partial charge < -0.3 is 10.2 Å². The van der Waals surface area contributed by atoms with Crippen molar-refractivity contribution in [1.82, 2.24) is 10.3 Å². The average Bonchev–Trinajstić information content (AvgIpc) is 2.41. The highest BCUT2D eigenvalue weighted by Crippen LogP contribution is 2.28. The molecule has 1 N–H and O–H groups in total. The number of nitrogens with zero attached hydrogens (tertiary/aromatic N) is 2. The van der Waals surface area contributed by atoms with Gasteiger partial charge >= 0.3 is 0 Å². The topological polar surface area (TPSA) is 28.2 Å². The van der Waals surface area contributed by atoms with Crippen molar-refractivity contribution < 1.29 is 0 Å². The molecule has 1 saturated heterocycles. The first-order valence-electron chi connectivity index (χ1n) is 6.58. The van der Waals surface area contributed by atoms with E-state index < -0.39 is 0 Å². The average molecular weight is 241 g/mol. The molecule has 1 aliphatic heterocycles. The Bertz CT molecular complexity index is 547. The van der Waals surface area contributed by atoms with Gasteiger partial charge in [-0.05, 0) is 26.0 Å². The van der Waals surface area contributed by atoms with Crippen LogP contribution in [-0.2, 0) is 0 Å². The number of anilines is 1. The second-order valence-corrected chi connectivity index (χ2v) is 5.18. The lowest BCUT2D eigenvalue weighted by Gasteiger charge is -2.39. The molecule has 2 aromatic rings. The van der Waals surface area contributed by atoms with Crippen molar-refractivity contribution in [2.75, 3.05) is 18.0 Å². The maximum Gasteiger partial charge on any atom is 0.0450 e. The third kappa shape index (κ3) is 1.95. The molecule has 2 heterocycles. The monoisotopic (exact) mass is 241 g/mol. The lowest BCUT2D eigenvalue weighted by molar-refractivity contribution is 0.426. The largest absolute Gasteiger partial charge is 0.365 e. The second-order valence-electron chi connectivity index (χ2n) is 5.18. The maximum atomic E-state index is 4.20. The van der Waals surface area contributed by atoms with Gasteiger partial charge in [0.2, 0.25) is 0 Å². The lowest BCUT2D eigenvalue weighted by Crippen LogP contribution is -2.54. The van der Waals surface area contributed by atoms with E-state index in [2.05, 4.69) is 53.3 Å². The zero-order valence-electron chi connectivity index (χ0n) is 10.9. The number of hydrogen-bond acceptors (Lipinski definition) is 3. The third-order valence-corrected chi connectivity index (χ3v) is 3.73. The molecule has 1 aliphatic rings. The van der Waals surface area contributed by atoms with Crippen LogP contribution in [-0.4, -0.2) is 30.2 Å². The summed E-state index contributed by atoms with van der Waals surface area (Å²) in [6.07, 6.45) is 3.82. The Hall–Kier alpha value is -1.61. The summed E-state index contributed by atoms with van der Waals surface area (Å²) < 4.78 is 0. The van der Waals surface area contributed by atoms with Gasteiger partial charge in [0.25, 0.3) is 0 Å². The molecule has 2 atom stereocenters. The van der Waals surface area contributed by atoms with E-state index in [0.717, 1.165) is 13.1 Å². The molecule has 0 amide bonds. The molecule has 94 valence electrons. The summed E-state index contributed by atoms with van der Waals surface area (Å²) in [6.45, 7) is 6.62. The Labute approximate surface area is 108 Å². The van der Waals surface area contributed by atoms with Crippen LogP contribution in [0.1, 0.15) is 13.8 Å². The first-order chi connectivity index (χ1) is 8.75. The Kier molecular flexibility index (Phi) is 2.92. The highest BCUT2D eigenvalue weighted by Gasteiger charge is 2.23. The summed E-state index contributed by atoms with van der Waals surface area (Å²) in [6, 6.07) is 9.65. The van der Waals surface area contributed by atoms with E-state index in [9.17, 15) is 0 Å². The van der Waals surface area contributed by atoms with Gasteiger partial charge in [-0.15, -0.1) is 0 Å². The molecule has 18 heavy (non-hydrogen) atoms. The van der Waals surface area contributed by atoms with E-state index in [-0.39, 0.29) is 0 Å². The first kappa shape index (κ1) is 11.5. The third-order valence-electron chi connectivity index (χ3n) is 3.73. The highest BCUT2D eigenvalue weighted by atomic mass is 15.2. The van der Waals surface area contributed by atoms with E-state index in [1.807, 2.05) is 12.4 Å². The fraction of sp³-hybridized carbons (Fsp3) is 0.400. The van der Waals surface area contributed by atoms with E-state index >= 15 is 0 Å². The highest BCUT2D eigenvalue weighted by molar-refractivity contribution is 5.93. The summed E-state index contributed by atoms with van der Waals surface area (Å²) >= 11 is 0. The summed E-state index contributed by atoms with van der Waals surface area (Å²) in [4.78, 5) is 6.71. The standard InChI is InChI=1S/C15H19N3/c1-11-10-18(12(2)8-17-11)15-5-3-4-13-9-16-7-6-14(13)15/h3-7,9,11-12,17H,8,10H2,1-2H3. The molecule has 0 radical (unpaired) electrons. The van der Waals surface area contributed by atoms with Crippen molar-refractivity contribution in [1.29, 1.82) is 0 Å². The normalized spacial score (nSPS) is 24.4. The maximum absolute atomic E-state index is 4.20. The number of piperazine rings is 1. The van der Waals surface area contributed by atoms with Crippen LogP contribution in [0, 0.1) is 0 Å². The van der Waals surface area contributed by atoms with Crippen molar-refractivity contribution in [3.8, 4) is 0 Å². The molecular weight excluding hydrogens is 222 g/mol.